The number of nitrogens with one attached hydrogen (secondary N) is 1. The van der Waals surface area contributed by atoms with Gasteiger partial charge in [-0.2, -0.15) is 0 Å². The van der Waals surface area contributed by atoms with Crippen LogP contribution >= 0.6 is 0 Å². The Morgan fingerprint density at radius 2 is 2.11 bits per heavy atom. The Morgan fingerprint density at radius 1 is 1.42 bits per heavy atom. The van der Waals surface area contributed by atoms with Crippen molar-refractivity contribution in [1.29, 1.82) is 0 Å². The van der Waals surface area contributed by atoms with Crippen LogP contribution in [0.1, 0.15) is 25.3 Å². The van der Waals surface area contributed by atoms with E-state index in [2.05, 4.69) is 4.72 Å². The molecule has 1 rings (SSSR count). The number of benzene rings is 1. The molecule has 5 nitrogen and oxygen atoms in total. The van der Waals surface area contributed by atoms with Gasteiger partial charge in [-0.15, -0.1) is 0 Å². The van der Waals surface area contributed by atoms with Gasteiger partial charge in [-0.3, -0.25) is 0 Å². The minimum Gasteiger partial charge on any atom is -0.398 e. The van der Waals surface area contributed by atoms with Gasteiger partial charge in [0.1, 0.15) is 0 Å². The first-order valence-corrected chi connectivity index (χ1v) is 7.82. The minimum absolute atomic E-state index is 0.126. The SMILES string of the molecule is Cc1c(N)cccc1S(=O)(=O)NCCCC(C)CO. The molecule has 1 aromatic carbocycles. The average Bonchev–Trinajstić information content (AvgIpc) is 2.37. The fourth-order valence-corrected chi connectivity index (χ4v) is 3.10. The second kappa shape index (κ2) is 6.88. The Hall–Kier alpha value is -1.11. The Morgan fingerprint density at radius 3 is 2.74 bits per heavy atom. The summed E-state index contributed by atoms with van der Waals surface area (Å²) in [6.45, 7) is 4.11. The lowest BCUT2D eigenvalue weighted by atomic mass is 10.1. The lowest BCUT2D eigenvalue weighted by molar-refractivity contribution is 0.228. The van der Waals surface area contributed by atoms with Gasteiger partial charge in [0.25, 0.3) is 0 Å². The van der Waals surface area contributed by atoms with Crippen LogP contribution in [0.15, 0.2) is 23.1 Å². The molecule has 0 aliphatic carbocycles. The molecule has 0 amide bonds. The number of nitrogen functional groups attached to an aromatic ring is 1. The van der Waals surface area contributed by atoms with Crippen molar-refractivity contribution in [2.75, 3.05) is 18.9 Å². The summed E-state index contributed by atoms with van der Waals surface area (Å²) in [6.07, 6.45) is 1.48. The Kier molecular flexibility index (Phi) is 5.78. The van der Waals surface area contributed by atoms with E-state index in [9.17, 15) is 8.42 Å². The van der Waals surface area contributed by atoms with Crippen LogP contribution < -0.4 is 10.5 Å². The predicted molar refractivity (Wildman–Crippen MR) is 76.3 cm³/mol. The van der Waals surface area contributed by atoms with E-state index in [1.165, 1.54) is 0 Å². The van der Waals surface area contributed by atoms with Gasteiger partial charge in [-0.25, -0.2) is 13.1 Å². The topological polar surface area (TPSA) is 92.4 Å². The van der Waals surface area contributed by atoms with E-state index < -0.39 is 10.0 Å². The number of sulfonamides is 1. The number of anilines is 1. The Labute approximate surface area is 114 Å². The summed E-state index contributed by atoms with van der Waals surface area (Å²) in [5, 5.41) is 8.89. The highest BCUT2D eigenvalue weighted by molar-refractivity contribution is 7.89. The third-order valence-electron chi connectivity index (χ3n) is 3.09. The van der Waals surface area contributed by atoms with Crippen LogP contribution in [0.5, 0.6) is 0 Å². The van der Waals surface area contributed by atoms with Crippen molar-refractivity contribution in [1.82, 2.24) is 4.72 Å². The van der Waals surface area contributed by atoms with Crippen LogP contribution in [-0.4, -0.2) is 26.7 Å². The molecule has 0 aliphatic rings. The number of aliphatic hydroxyl groups excluding tert-OH is 1. The Bertz CT molecular complexity index is 515. The number of aliphatic hydroxyl groups is 1. The summed E-state index contributed by atoms with van der Waals surface area (Å²) in [4.78, 5) is 0.225. The standard InChI is InChI=1S/C13H22N2O3S/c1-10(9-16)5-4-8-15-19(17,18)13-7-3-6-12(14)11(13)2/h3,6-7,10,15-16H,4-5,8-9,14H2,1-2H3. The molecule has 0 saturated heterocycles. The molecule has 0 fully saturated rings. The second-order valence-corrected chi connectivity index (χ2v) is 6.53. The van der Waals surface area contributed by atoms with Crippen LogP contribution in [0, 0.1) is 12.8 Å². The molecule has 4 N–H and O–H groups in total. The number of rotatable bonds is 7. The predicted octanol–water partition coefficient (Wildman–Crippen LogP) is 1.26. The van der Waals surface area contributed by atoms with Crippen molar-refractivity contribution < 1.29 is 13.5 Å². The number of hydrogen-bond donors (Lipinski definition) is 3. The first-order valence-electron chi connectivity index (χ1n) is 6.34. The zero-order chi connectivity index (χ0) is 14.5. The highest BCUT2D eigenvalue weighted by atomic mass is 32.2. The molecule has 0 spiro atoms. The molecule has 1 atom stereocenters. The normalized spacial score (nSPS) is 13.4. The number of hydrogen-bond acceptors (Lipinski definition) is 4. The third-order valence-corrected chi connectivity index (χ3v) is 4.70. The fourth-order valence-electron chi connectivity index (χ4n) is 1.75. The van der Waals surface area contributed by atoms with Crippen LogP contribution in [0.25, 0.3) is 0 Å². The van der Waals surface area contributed by atoms with Crippen LogP contribution in [-0.2, 0) is 10.0 Å². The molecular weight excluding hydrogens is 264 g/mol. The van der Waals surface area contributed by atoms with Gasteiger partial charge in [0.15, 0.2) is 0 Å². The molecule has 108 valence electrons. The highest BCUT2D eigenvalue weighted by Gasteiger charge is 2.17. The maximum Gasteiger partial charge on any atom is 0.240 e. The zero-order valence-electron chi connectivity index (χ0n) is 11.4. The molecule has 0 saturated carbocycles. The summed E-state index contributed by atoms with van der Waals surface area (Å²) < 4.78 is 26.8. The monoisotopic (exact) mass is 286 g/mol. The third kappa shape index (κ3) is 4.49. The van der Waals surface area contributed by atoms with E-state index >= 15 is 0 Å². The molecular formula is C13H22N2O3S. The van der Waals surface area contributed by atoms with E-state index in [0.717, 1.165) is 6.42 Å². The first-order chi connectivity index (χ1) is 8.88. The lowest BCUT2D eigenvalue weighted by Gasteiger charge is -2.11. The van der Waals surface area contributed by atoms with Crippen molar-refractivity contribution in [3.05, 3.63) is 23.8 Å². The molecule has 19 heavy (non-hydrogen) atoms. The molecule has 6 heteroatoms. The molecule has 0 heterocycles. The minimum atomic E-state index is -3.51. The van der Waals surface area contributed by atoms with Gasteiger partial charge in [-0.1, -0.05) is 13.0 Å². The van der Waals surface area contributed by atoms with Crippen molar-refractivity contribution in [3.8, 4) is 0 Å². The maximum atomic E-state index is 12.1. The van der Waals surface area contributed by atoms with E-state index in [-0.39, 0.29) is 17.4 Å². The Balaban J connectivity index is 2.64. The lowest BCUT2D eigenvalue weighted by Crippen LogP contribution is -2.26. The molecule has 0 aliphatic heterocycles. The summed E-state index contributed by atoms with van der Waals surface area (Å²) in [6, 6.07) is 4.85. The molecule has 0 radical (unpaired) electrons. The van der Waals surface area contributed by atoms with Crippen molar-refractivity contribution in [2.45, 2.75) is 31.6 Å². The van der Waals surface area contributed by atoms with Gasteiger partial charge in [0, 0.05) is 18.8 Å². The van der Waals surface area contributed by atoms with Crippen molar-refractivity contribution >= 4 is 15.7 Å². The average molecular weight is 286 g/mol. The summed E-state index contributed by atoms with van der Waals surface area (Å²) in [5.41, 5.74) is 6.75. The second-order valence-electron chi connectivity index (χ2n) is 4.80. The number of nitrogens with two attached hydrogens (primary N) is 1. The fraction of sp³-hybridized carbons (Fsp3) is 0.538. The van der Waals surface area contributed by atoms with Crippen molar-refractivity contribution in [3.63, 3.8) is 0 Å². The van der Waals surface area contributed by atoms with Crippen LogP contribution in [0.4, 0.5) is 5.69 Å². The largest absolute Gasteiger partial charge is 0.398 e. The van der Waals surface area contributed by atoms with Gasteiger partial charge in [-0.05, 0) is 43.4 Å². The van der Waals surface area contributed by atoms with Gasteiger partial charge in [0.2, 0.25) is 10.0 Å². The quantitative estimate of drug-likeness (QED) is 0.520. The van der Waals surface area contributed by atoms with Gasteiger partial charge >= 0.3 is 0 Å². The highest BCUT2D eigenvalue weighted by Crippen LogP contribution is 2.20. The molecule has 0 bridgehead atoms. The first kappa shape index (κ1) is 15.9. The van der Waals surface area contributed by atoms with E-state index in [4.69, 9.17) is 10.8 Å². The summed E-state index contributed by atoms with van der Waals surface area (Å²) in [5.74, 6) is 0.193. The molecule has 0 aromatic heterocycles. The summed E-state index contributed by atoms with van der Waals surface area (Å²) in [7, 11) is -3.51. The summed E-state index contributed by atoms with van der Waals surface area (Å²) >= 11 is 0. The smallest absolute Gasteiger partial charge is 0.240 e. The van der Waals surface area contributed by atoms with E-state index in [0.29, 0.717) is 24.2 Å². The van der Waals surface area contributed by atoms with Crippen molar-refractivity contribution in [2.24, 2.45) is 5.92 Å². The van der Waals surface area contributed by atoms with Gasteiger partial charge in [0.05, 0.1) is 4.90 Å². The van der Waals surface area contributed by atoms with Crippen LogP contribution in [0.3, 0.4) is 0 Å². The van der Waals surface area contributed by atoms with E-state index in [1.54, 1.807) is 25.1 Å². The zero-order valence-corrected chi connectivity index (χ0v) is 12.2. The molecule has 1 aromatic rings. The molecule has 1 unspecified atom stereocenters. The maximum absolute atomic E-state index is 12.1. The van der Waals surface area contributed by atoms with Crippen LogP contribution in [0.2, 0.25) is 0 Å². The van der Waals surface area contributed by atoms with Gasteiger partial charge < -0.3 is 10.8 Å². The van der Waals surface area contributed by atoms with E-state index in [1.807, 2.05) is 6.92 Å².